The standard InChI is InChI=1S/C52H36Cl2N2O2/c1-58-46-32-30-45(31-33-46)56(44-28-18-39(54)19-29-44)42-24-14-37(15-25-42)52-49-8-4-2-6-47(49)51(48-7-3-5-9-50(48)52)36-12-22-41(23-13-36)55(43-26-16-38(53)17-27-43)40-20-10-35(34-57)11-21-40/h2-34H,1H3. The number of methoxy groups -OCH3 is 1. The minimum absolute atomic E-state index is 0.627. The molecule has 0 aliphatic carbocycles. The number of fused-ring (bicyclic) bond motifs is 2. The van der Waals surface area contributed by atoms with E-state index in [1.165, 1.54) is 32.7 Å². The van der Waals surface area contributed by atoms with Crippen molar-refractivity contribution in [3.63, 3.8) is 0 Å². The highest BCUT2D eigenvalue weighted by atomic mass is 35.5. The highest BCUT2D eigenvalue weighted by Gasteiger charge is 2.19. The Balaban J connectivity index is 1.14. The van der Waals surface area contributed by atoms with E-state index in [1.54, 1.807) is 7.11 Å². The molecular weight excluding hydrogens is 755 g/mol. The van der Waals surface area contributed by atoms with Crippen molar-refractivity contribution in [1.29, 1.82) is 0 Å². The zero-order valence-electron chi connectivity index (χ0n) is 31.5. The third kappa shape index (κ3) is 7.05. The van der Waals surface area contributed by atoms with Crippen LogP contribution in [-0.2, 0) is 0 Å². The first kappa shape index (κ1) is 36.8. The Hall–Kier alpha value is -6.85. The monoisotopic (exact) mass is 790 g/mol. The summed E-state index contributed by atoms with van der Waals surface area (Å²) >= 11 is 12.6. The molecule has 0 N–H and O–H groups in total. The van der Waals surface area contributed by atoms with Gasteiger partial charge in [-0.3, -0.25) is 4.79 Å². The molecule has 280 valence electrons. The Morgan fingerprint density at radius 2 is 0.690 bits per heavy atom. The lowest BCUT2D eigenvalue weighted by molar-refractivity contribution is 0.112. The number of halogens is 2. The molecule has 0 heterocycles. The fraction of sp³-hybridized carbons (Fsp3) is 0.0192. The van der Waals surface area contributed by atoms with Gasteiger partial charge in [0.1, 0.15) is 12.0 Å². The molecule has 0 aromatic heterocycles. The van der Waals surface area contributed by atoms with Gasteiger partial charge in [-0.05, 0) is 165 Å². The number of rotatable bonds is 10. The van der Waals surface area contributed by atoms with E-state index in [-0.39, 0.29) is 0 Å². The van der Waals surface area contributed by atoms with Crippen LogP contribution in [0.3, 0.4) is 0 Å². The Morgan fingerprint density at radius 3 is 1.00 bits per heavy atom. The van der Waals surface area contributed by atoms with Gasteiger partial charge in [0.2, 0.25) is 0 Å². The molecule has 4 nitrogen and oxygen atoms in total. The molecule has 0 saturated carbocycles. The van der Waals surface area contributed by atoms with Gasteiger partial charge in [-0.2, -0.15) is 0 Å². The van der Waals surface area contributed by atoms with Crippen LogP contribution in [-0.4, -0.2) is 13.4 Å². The van der Waals surface area contributed by atoms with E-state index in [1.807, 2.05) is 84.9 Å². The predicted octanol–water partition coefficient (Wildman–Crippen LogP) is 15.4. The van der Waals surface area contributed by atoms with Crippen molar-refractivity contribution in [2.45, 2.75) is 0 Å². The number of aldehydes is 1. The smallest absolute Gasteiger partial charge is 0.150 e. The molecule has 58 heavy (non-hydrogen) atoms. The second-order valence-electron chi connectivity index (χ2n) is 14.0. The molecule has 0 unspecified atom stereocenters. The van der Waals surface area contributed by atoms with Crippen molar-refractivity contribution in [1.82, 2.24) is 0 Å². The van der Waals surface area contributed by atoms with Gasteiger partial charge in [0.05, 0.1) is 7.11 Å². The minimum Gasteiger partial charge on any atom is -0.497 e. The molecule has 6 heteroatoms. The lowest BCUT2D eigenvalue weighted by Crippen LogP contribution is -2.09. The molecule has 0 atom stereocenters. The number of benzene rings is 9. The van der Waals surface area contributed by atoms with Crippen LogP contribution in [0, 0.1) is 0 Å². The van der Waals surface area contributed by atoms with Crippen molar-refractivity contribution in [2.75, 3.05) is 16.9 Å². The summed E-state index contributed by atoms with van der Waals surface area (Å²) in [5.41, 5.74) is 11.2. The van der Waals surface area contributed by atoms with Gasteiger partial charge in [0, 0.05) is 49.7 Å². The summed E-state index contributed by atoms with van der Waals surface area (Å²) in [7, 11) is 1.68. The summed E-state index contributed by atoms with van der Waals surface area (Å²) in [5, 5.41) is 6.06. The van der Waals surface area contributed by atoms with Crippen LogP contribution in [0.25, 0.3) is 43.8 Å². The summed E-state index contributed by atoms with van der Waals surface area (Å²) in [6, 6.07) is 66.3. The van der Waals surface area contributed by atoms with E-state index in [0.717, 1.165) is 57.3 Å². The van der Waals surface area contributed by atoms with Crippen molar-refractivity contribution >= 4 is 85.2 Å². The molecule has 0 spiro atoms. The van der Waals surface area contributed by atoms with Crippen molar-refractivity contribution in [2.24, 2.45) is 0 Å². The minimum atomic E-state index is 0.627. The molecule has 0 fully saturated rings. The highest BCUT2D eigenvalue weighted by Crippen LogP contribution is 2.45. The molecule has 0 saturated heterocycles. The molecule has 0 aliphatic rings. The van der Waals surface area contributed by atoms with E-state index >= 15 is 0 Å². The Bertz CT molecular complexity index is 2820. The van der Waals surface area contributed by atoms with E-state index in [4.69, 9.17) is 27.9 Å². The second-order valence-corrected chi connectivity index (χ2v) is 14.8. The number of nitrogens with zero attached hydrogens (tertiary/aromatic N) is 2. The van der Waals surface area contributed by atoms with Gasteiger partial charge >= 0.3 is 0 Å². The summed E-state index contributed by atoms with van der Waals surface area (Å²) < 4.78 is 5.45. The fourth-order valence-electron chi connectivity index (χ4n) is 7.81. The van der Waals surface area contributed by atoms with Crippen molar-refractivity contribution < 1.29 is 9.53 Å². The Labute approximate surface area is 347 Å². The Morgan fingerprint density at radius 1 is 0.397 bits per heavy atom. The van der Waals surface area contributed by atoms with Gasteiger partial charge in [0.25, 0.3) is 0 Å². The van der Waals surface area contributed by atoms with Gasteiger partial charge < -0.3 is 14.5 Å². The molecule has 9 rings (SSSR count). The summed E-state index contributed by atoms with van der Waals surface area (Å²) in [4.78, 5) is 15.8. The molecule has 9 aromatic carbocycles. The maximum absolute atomic E-state index is 11.4. The number of ether oxygens (including phenoxy) is 1. The van der Waals surface area contributed by atoms with E-state index in [0.29, 0.717) is 15.6 Å². The van der Waals surface area contributed by atoms with Crippen LogP contribution < -0.4 is 14.5 Å². The zero-order valence-corrected chi connectivity index (χ0v) is 33.0. The number of carbonyl (C=O) groups excluding carboxylic acids is 1. The van der Waals surface area contributed by atoms with E-state index < -0.39 is 0 Å². The predicted molar refractivity (Wildman–Crippen MR) is 244 cm³/mol. The topological polar surface area (TPSA) is 32.8 Å². The molecule has 0 aliphatic heterocycles. The Kier molecular flexibility index (Phi) is 10.1. The maximum atomic E-state index is 11.4. The van der Waals surface area contributed by atoms with Gasteiger partial charge in [-0.25, -0.2) is 0 Å². The van der Waals surface area contributed by atoms with Gasteiger partial charge in [-0.15, -0.1) is 0 Å². The van der Waals surface area contributed by atoms with Crippen LogP contribution in [0.5, 0.6) is 5.75 Å². The average molecular weight is 792 g/mol. The van der Waals surface area contributed by atoms with Crippen LogP contribution in [0.2, 0.25) is 10.0 Å². The molecule has 9 aromatic rings. The first-order chi connectivity index (χ1) is 28.5. The third-order valence-electron chi connectivity index (χ3n) is 10.5. The van der Waals surface area contributed by atoms with Crippen molar-refractivity contribution in [3.8, 4) is 28.0 Å². The lowest BCUT2D eigenvalue weighted by Gasteiger charge is -2.26. The van der Waals surface area contributed by atoms with E-state index in [2.05, 4.69) is 119 Å². The lowest BCUT2D eigenvalue weighted by atomic mass is 9.86. The first-order valence-corrected chi connectivity index (χ1v) is 19.7. The van der Waals surface area contributed by atoms with Gasteiger partial charge in [-0.1, -0.05) is 96.0 Å². The van der Waals surface area contributed by atoms with Crippen LogP contribution in [0.15, 0.2) is 194 Å². The zero-order chi connectivity index (χ0) is 39.6. The quantitative estimate of drug-likeness (QED) is 0.102. The normalized spacial score (nSPS) is 11.1. The maximum Gasteiger partial charge on any atom is 0.150 e. The average Bonchev–Trinajstić information content (AvgIpc) is 3.28. The van der Waals surface area contributed by atoms with Crippen LogP contribution in [0.4, 0.5) is 34.1 Å². The van der Waals surface area contributed by atoms with Crippen LogP contribution in [0.1, 0.15) is 10.4 Å². The number of hydrogen-bond acceptors (Lipinski definition) is 4. The van der Waals surface area contributed by atoms with E-state index in [9.17, 15) is 4.79 Å². The van der Waals surface area contributed by atoms with Gasteiger partial charge in [0.15, 0.2) is 0 Å². The fourth-order valence-corrected chi connectivity index (χ4v) is 8.06. The van der Waals surface area contributed by atoms with Crippen molar-refractivity contribution in [3.05, 3.63) is 210 Å². The third-order valence-corrected chi connectivity index (χ3v) is 11.1. The number of carbonyl (C=O) groups is 1. The molecule has 0 amide bonds. The summed E-state index contributed by atoms with van der Waals surface area (Å²) in [6.45, 7) is 0. The largest absolute Gasteiger partial charge is 0.497 e. The summed E-state index contributed by atoms with van der Waals surface area (Å²) in [5.74, 6) is 0.801. The number of hydrogen-bond donors (Lipinski definition) is 0. The molecule has 0 bridgehead atoms. The van der Waals surface area contributed by atoms with Crippen LogP contribution >= 0.6 is 23.2 Å². The first-order valence-electron chi connectivity index (χ1n) is 18.9. The molecule has 0 radical (unpaired) electrons. The summed E-state index contributed by atoms with van der Waals surface area (Å²) in [6.07, 6.45) is 0.862. The number of anilines is 6. The SMILES string of the molecule is COc1ccc(N(c2ccc(Cl)cc2)c2ccc(-c3c4ccccc4c(-c4ccc(N(c5ccc(Cl)cc5)c5ccc(C=O)cc5)cc4)c4ccccc34)cc2)cc1. The highest BCUT2D eigenvalue weighted by molar-refractivity contribution is 6.31. The molecular formula is C52H36Cl2N2O2. The second kappa shape index (κ2) is 16.0.